The first-order valence-corrected chi connectivity index (χ1v) is 3.85. The first kappa shape index (κ1) is 13.5. The molecule has 0 radical (unpaired) electrons. The van der Waals surface area contributed by atoms with Crippen LogP contribution in [0.5, 0.6) is 0 Å². The molecular weight excluding hydrogens is 217 g/mol. The Bertz CT molecular complexity index is 280. The number of esters is 1. The zero-order valence-corrected chi connectivity index (χ0v) is 8.05. The third-order valence-corrected chi connectivity index (χ3v) is 1.28. The first-order chi connectivity index (χ1) is 6.76. The average molecular weight is 226 g/mol. The maximum absolute atomic E-state index is 11.5. The summed E-state index contributed by atoms with van der Waals surface area (Å²) in [5.41, 5.74) is 0.0963. The summed E-state index contributed by atoms with van der Waals surface area (Å²) >= 11 is 0. The van der Waals surface area contributed by atoms with E-state index >= 15 is 0 Å². The van der Waals surface area contributed by atoms with Crippen molar-refractivity contribution in [3.8, 4) is 0 Å². The van der Waals surface area contributed by atoms with E-state index in [0.29, 0.717) is 0 Å². The average Bonchev–Trinajstić information content (AvgIpc) is 2.12. The van der Waals surface area contributed by atoms with Crippen molar-refractivity contribution in [3.05, 3.63) is 11.6 Å². The SMILES string of the molecule is C/C=C(\C)C(=O)OC(=O)OCC(F)(F)F. The Kier molecular flexibility index (Phi) is 4.83. The molecule has 0 aliphatic rings. The minimum absolute atomic E-state index is 0.0963. The van der Waals surface area contributed by atoms with Crippen LogP contribution in [0.1, 0.15) is 13.8 Å². The molecule has 0 spiro atoms. The molecule has 0 saturated carbocycles. The van der Waals surface area contributed by atoms with E-state index in [-0.39, 0.29) is 5.57 Å². The van der Waals surface area contributed by atoms with Gasteiger partial charge >= 0.3 is 18.3 Å². The molecule has 0 aliphatic carbocycles. The van der Waals surface area contributed by atoms with E-state index in [1.54, 1.807) is 0 Å². The van der Waals surface area contributed by atoms with Gasteiger partial charge in [0.2, 0.25) is 0 Å². The molecule has 0 saturated heterocycles. The fourth-order valence-electron chi connectivity index (χ4n) is 0.444. The standard InChI is InChI=1S/C8H9F3O4/c1-3-5(2)6(12)15-7(13)14-4-8(9,10)11/h3H,4H2,1-2H3/b5-3+. The number of hydrogen-bond acceptors (Lipinski definition) is 4. The molecule has 0 amide bonds. The van der Waals surface area contributed by atoms with Crippen molar-refractivity contribution < 1.29 is 32.2 Å². The van der Waals surface area contributed by atoms with Gasteiger partial charge in [0.05, 0.1) is 0 Å². The van der Waals surface area contributed by atoms with E-state index in [4.69, 9.17) is 0 Å². The summed E-state index contributed by atoms with van der Waals surface area (Å²) in [6.07, 6.45) is -4.96. The van der Waals surface area contributed by atoms with Crippen LogP contribution < -0.4 is 0 Å². The predicted octanol–water partition coefficient (Wildman–Crippen LogP) is 2.19. The maximum Gasteiger partial charge on any atom is 0.516 e. The molecule has 86 valence electrons. The van der Waals surface area contributed by atoms with Gasteiger partial charge in [0.15, 0.2) is 6.61 Å². The summed E-state index contributed by atoms with van der Waals surface area (Å²) in [7, 11) is 0. The molecule has 0 fully saturated rings. The number of carbonyl (C=O) groups is 2. The van der Waals surface area contributed by atoms with Crippen LogP contribution in [0.3, 0.4) is 0 Å². The topological polar surface area (TPSA) is 52.6 Å². The van der Waals surface area contributed by atoms with Gasteiger partial charge in [0.25, 0.3) is 0 Å². The number of rotatable bonds is 2. The van der Waals surface area contributed by atoms with Crippen LogP contribution in [-0.4, -0.2) is 24.9 Å². The summed E-state index contributed by atoms with van der Waals surface area (Å²) < 4.78 is 42.2. The molecular formula is C8H9F3O4. The second-order valence-electron chi connectivity index (χ2n) is 2.52. The summed E-state index contributed by atoms with van der Waals surface area (Å²) in [6.45, 7) is 1.07. The molecule has 0 unspecified atom stereocenters. The molecule has 7 heteroatoms. The summed E-state index contributed by atoms with van der Waals surface area (Å²) in [5.74, 6) is -1.04. The van der Waals surface area contributed by atoms with Crippen molar-refractivity contribution in [1.82, 2.24) is 0 Å². The van der Waals surface area contributed by atoms with Crippen molar-refractivity contribution in [2.24, 2.45) is 0 Å². The largest absolute Gasteiger partial charge is 0.516 e. The van der Waals surface area contributed by atoms with Crippen LogP contribution in [0.15, 0.2) is 11.6 Å². The van der Waals surface area contributed by atoms with Gasteiger partial charge in [-0.2, -0.15) is 13.2 Å². The molecule has 0 heterocycles. The van der Waals surface area contributed by atoms with Gasteiger partial charge in [0.1, 0.15) is 0 Å². The van der Waals surface area contributed by atoms with E-state index in [2.05, 4.69) is 9.47 Å². The Morgan fingerprint density at radius 1 is 1.33 bits per heavy atom. The normalized spacial score (nSPS) is 12.2. The van der Waals surface area contributed by atoms with Crippen LogP contribution in [0.25, 0.3) is 0 Å². The van der Waals surface area contributed by atoms with Gasteiger partial charge in [-0.15, -0.1) is 0 Å². The van der Waals surface area contributed by atoms with Crippen molar-refractivity contribution in [1.29, 1.82) is 0 Å². The Hall–Kier alpha value is -1.53. The van der Waals surface area contributed by atoms with Crippen molar-refractivity contribution in [2.75, 3.05) is 6.61 Å². The van der Waals surface area contributed by atoms with Gasteiger partial charge in [-0.05, 0) is 13.8 Å². The van der Waals surface area contributed by atoms with E-state index in [1.165, 1.54) is 19.9 Å². The fourth-order valence-corrected chi connectivity index (χ4v) is 0.444. The number of ether oxygens (including phenoxy) is 2. The van der Waals surface area contributed by atoms with Crippen LogP contribution in [0.2, 0.25) is 0 Å². The van der Waals surface area contributed by atoms with E-state index in [0.717, 1.165) is 0 Å². The van der Waals surface area contributed by atoms with Gasteiger partial charge in [0, 0.05) is 5.57 Å². The third-order valence-electron chi connectivity index (χ3n) is 1.28. The van der Waals surface area contributed by atoms with E-state index in [9.17, 15) is 22.8 Å². The molecule has 0 rings (SSSR count). The minimum Gasteiger partial charge on any atom is -0.424 e. The quantitative estimate of drug-likeness (QED) is 0.411. The number of hydrogen-bond donors (Lipinski definition) is 0. The van der Waals surface area contributed by atoms with E-state index in [1.807, 2.05) is 0 Å². The number of carbonyl (C=O) groups excluding carboxylic acids is 2. The molecule has 0 aromatic rings. The van der Waals surface area contributed by atoms with E-state index < -0.39 is 24.9 Å². The van der Waals surface area contributed by atoms with Crippen LogP contribution >= 0.6 is 0 Å². The van der Waals surface area contributed by atoms with Crippen molar-refractivity contribution >= 4 is 12.1 Å². The Balaban J connectivity index is 4.01. The van der Waals surface area contributed by atoms with Gasteiger partial charge < -0.3 is 9.47 Å². The number of allylic oxidation sites excluding steroid dienone is 1. The molecule has 15 heavy (non-hydrogen) atoms. The van der Waals surface area contributed by atoms with Crippen molar-refractivity contribution in [2.45, 2.75) is 20.0 Å². The predicted molar refractivity (Wildman–Crippen MR) is 42.9 cm³/mol. The Morgan fingerprint density at radius 3 is 2.27 bits per heavy atom. The van der Waals surface area contributed by atoms with Gasteiger partial charge in [-0.3, -0.25) is 0 Å². The maximum atomic E-state index is 11.5. The highest BCUT2D eigenvalue weighted by molar-refractivity contribution is 5.93. The molecule has 0 N–H and O–H groups in total. The lowest BCUT2D eigenvalue weighted by molar-refractivity contribution is -0.168. The monoisotopic (exact) mass is 226 g/mol. The van der Waals surface area contributed by atoms with Crippen LogP contribution in [0, 0.1) is 0 Å². The highest BCUT2D eigenvalue weighted by atomic mass is 19.4. The highest BCUT2D eigenvalue weighted by Gasteiger charge is 2.30. The Labute approximate surface area is 83.7 Å². The summed E-state index contributed by atoms with van der Waals surface area (Å²) in [6, 6.07) is 0. The summed E-state index contributed by atoms with van der Waals surface area (Å²) in [4.78, 5) is 21.4. The second kappa shape index (κ2) is 5.38. The molecule has 0 aromatic heterocycles. The molecule has 0 bridgehead atoms. The first-order valence-electron chi connectivity index (χ1n) is 3.85. The third kappa shape index (κ3) is 6.53. The van der Waals surface area contributed by atoms with Crippen LogP contribution in [-0.2, 0) is 14.3 Å². The van der Waals surface area contributed by atoms with Gasteiger partial charge in [-0.25, -0.2) is 9.59 Å². The van der Waals surface area contributed by atoms with Gasteiger partial charge in [-0.1, -0.05) is 6.08 Å². The Morgan fingerprint density at radius 2 is 1.87 bits per heavy atom. The zero-order valence-electron chi connectivity index (χ0n) is 8.05. The second-order valence-corrected chi connectivity index (χ2v) is 2.52. The minimum atomic E-state index is -4.64. The molecule has 4 nitrogen and oxygen atoms in total. The number of alkyl halides is 3. The fraction of sp³-hybridized carbons (Fsp3) is 0.500. The summed E-state index contributed by atoms with van der Waals surface area (Å²) in [5, 5.41) is 0. The molecule has 0 atom stereocenters. The number of halogens is 3. The lowest BCUT2D eigenvalue weighted by Crippen LogP contribution is -2.22. The molecule has 0 aromatic carbocycles. The molecule has 0 aliphatic heterocycles. The lowest BCUT2D eigenvalue weighted by Gasteiger charge is -2.07. The lowest BCUT2D eigenvalue weighted by atomic mass is 10.3. The van der Waals surface area contributed by atoms with Crippen molar-refractivity contribution in [3.63, 3.8) is 0 Å². The zero-order chi connectivity index (χ0) is 12.1. The highest BCUT2D eigenvalue weighted by Crippen LogP contribution is 2.14. The van der Waals surface area contributed by atoms with Crippen LogP contribution in [0.4, 0.5) is 18.0 Å². The smallest absolute Gasteiger partial charge is 0.424 e.